The number of hydrogen-bond acceptors (Lipinski definition) is 7. The van der Waals surface area contributed by atoms with Gasteiger partial charge in [0, 0.05) is 18.3 Å². The van der Waals surface area contributed by atoms with Crippen molar-refractivity contribution in [1.82, 2.24) is 20.4 Å². The van der Waals surface area contributed by atoms with Crippen molar-refractivity contribution in [3.05, 3.63) is 59.8 Å². The van der Waals surface area contributed by atoms with Gasteiger partial charge < -0.3 is 10.1 Å². The van der Waals surface area contributed by atoms with E-state index in [1.165, 1.54) is 11.1 Å². The molecule has 1 spiro atoms. The number of rotatable bonds is 5. The van der Waals surface area contributed by atoms with Crippen LogP contribution in [0.25, 0.3) is 11.3 Å². The summed E-state index contributed by atoms with van der Waals surface area (Å²) < 4.78 is 5.82. The number of aromatic nitrogens is 4. The van der Waals surface area contributed by atoms with Gasteiger partial charge in [-0.2, -0.15) is 5.10 Å². The fourth-order valence-electron chi connectivity index (χ4n) is 4.86. The van der Waals surface area contributed by atoms with Crippen LogP contribution in [-0.2, 0) is 4.74 Å². The number of hydrogen-bond donors (Lipinski definition) is 1. The van der Waals surface area contributed by atoms with Crippen molar-refractivity contribution in [3.8, 4) is 11.3 Å². The Labute approximate surface area is 193 Å². The van der Waals surface area contributed by atoms with Crippen molar-refractivity contribution in [1.29, 1.82) is 0 Å². The second kappa shape index (κ2) is 8.77. The van der Waals surface area contributed by atoms with Crippen LogP contribution >= 0.6 is 0 Å². The van der Waals surface area contributed by atoms with Gasteiger partial charge in [-0.1, -0.05) is 17.2 Å². The van der Waals surface area contributed by atoms with E-state index >= 15 is 0 Å². The van der Waals surface area contributed by atoms with Gasteiger partial charge >= 0.3 is 6.09 Å². The Morgan fingerprint density at radius 2 is 1.85 bits per heavy atom. The summed E-state index contributed by atoms with van der Waals surface area (Å²) in [5.41, 5.74) is 3.99. The Bertz CT molecular complexity index is 1110. The summed E-state index contributed by atoms with van der Waals surface area (Å²) in [6.07, 6.45) is 4.94. The minimum absolute atomic E-state index is 0.328. The molecule has 33 heavy (non-hydrogen) atoms. The number of benzene rings is 1. The molecular formula is C25H28N6O2. The average Bonchev–Trinajstić information content (AvgIpc) is 3.14. The van der Waals surface area contributed by atoms with E-state index in [1.54, 1.807) is 23.2 Å². The van der Waals surface area contributed by atoms with E-state index in [0.717, 1.165) is 49.3 Å². The van der Waals surface area contributed by atoms with Gasteiger partial charge in [-0.25, -0.2) is 4.79 Å². The maximum Gasteiger partial charge on any atom is 0.416 e. The van der Waals surface area contributed by atoms with Gasteiger partial charge in [-0.15, -0.1) is 15.3 Å². The smallest absolute Gasteiger partial charge is 0.416 e. The van der Waals surface area contributed by atoms with Crippen LogP contribution in [0.3, 0.4) is 0 Å². The second-order valence-electron chi connectivity index (χ2n) is 9.22. The Morgan fingerprint density at radius 3 is 2.52 bits per heavy atom. The van der Waals surface area contributed by atoms with Crippen LogP contribution in [0.4, 0.5) is 16.4 Å². The van der Waals surface area contributed by atoms with Crippen LogP contribution in [0.2, 0.25) is 0 Å². The van der Waals surface area contributed by atoms with E-state index in [1.807, 2.05) is 12.1 Å². The Hall–Kier alpha value is -3.55. The van der Waals surface area contributed by atoms with E-state index in [2.05, 4.69) is 57.8 Å². The summed E-state index contributed by atoms with van der Waals surface area (Å²) in [6.45, 7) is 5.55. The molecule has 1 amide bonds. The summed E-state index contributed by atoms with van der Waals surface area (Å²) in [6, 6.07) is 14.0. The highest BCUT2D eigenvalue weighted by Crippen LogP contribution is 2.40. The van der Waals surface area contributed by atoms with Crippen LogP contribution < -0.4 is 10.2 Å². The molecule has 170 valence electrons. The Kier molecular flexibility index (Phi) is 5.66. The first kappa shape index (κ1) is 21.3. The zero-order valence-electron chi connectivity index (χ0n) is 19.0. The molecule has 1 aromatic carbocycles. The molecule has 1 N–H and O–H groups in total. The van der Waals surface area contributed by atoms with E-state index in [-0.39, 0.29) is 6.09 Å². The summed E-state index contributed by atoms with van der Waals surface area (Å²) >= 11 is 0. The first-order valence-corrected chi connectivity index (χ1v) is 11.4. The van der Waals surface area contributed by atoms with Crippen molar-refractivity contribution in [3.63, 3.8) is 0 Å². The molecule has 0 unspecified atom stereocenters. The molecule has 1 aliphatic carbocycles. The highest BCUT2D eigenvalue weighted by Gasteiger charge is 2.48. The third kappa shape index (κ3) is 4.65. The predicted molar refractivity (Wildman–Crippen MR) is 126 cm³/mol. The van der Waals surface area contributed by atoms with Gasteiger partial charge in [0.05, 0.1) is 12.2 Å². The molecule has 0 atom stereocenters. The highest BCUT2D eigenvalue weighted by atomic mass is 16.6. The van der Waals surface area contributed by atoms with Crippen LogP contribution in [0.1, 0.15) is 36.8 Å². The molecule has 2 fully saturated rings. The van der Waals surface area contributed by atoms with Gasteiger partial charge in [0.2, 0.25) is 0 Å². The fourth-order valence-corrected chi connectivity index (χ4v) is 4.86. The first-order chi connectivity index (χ1) is 16.0. The highest BCUT2D eigenvalue weighted by molar-refractivity contribution is 5.89. The normalized spacial score (nSPS) is 22.4. The van der Waals surface area contributed by atoms with Crippen molar-refractivity contribution >= 4 is 17.7 Å². The van der Waals surface area contributed by atoms with Crippen LogP contribution in [-0.4, -0.2) is 45.2 Å². The molecular weight excluding hydrogens is 416 g/mol. The van der Waals surface area contributed by atoms with Crippen molar-refractivity contribution in [2.75, 3.05) is 23.3 Å². The van der Waals surface area contributed by atoms with E-state index in [4.69, 9.17) is 4.74 Å². The molecule has 1 saturated carbocycles. The van der Waals surface area contributed by atoms with Crippen LogP contribution in [0.5, 0.6) is 0 Å². The SMILES string of the molecule is Cc1cc(C)cc(-c2ccc(NCC3CCC4(CC3)CN(c3cccnn3)C(=O)O4)nn2)c1. The van der Waals surface area contributed by atoms with Crippen molar-refractivity contribution < 1.29 is 9.53 Å². The topological polar surface area (TPSA) is 93.1 Å². The lowest BCUT2D eigenvalue weighted by Crippen LogP contribution is -2.39. The molecule has 8 heteroatoms. The lowest BCUT2D eigenvalue weighted by atomic mass is 9.78. The molecule has 2 aliphatic rings. The monoisotopic (exact) mass is 444 g/mol. The molecule has 0 radical (unpaired) electrons. The average molecular weight is 445 g/mol. The van der Waals surface area contributed by atoms with Gasteiger partial charge in [-0.05, 0) is 81.8 Å². The summed E-state index contributed by atoms with van der Waals surface area (Å²) in [5, 5.41) is 20.1. The quantitative estimate of drug-likeness (QED) is 0.617. The van der Waals surface area contributed by atoms with E-state index < -0.39 is 5.60 Å². The third-order valence-corrected chi connectivity index (χ3v) is 6.58. The summed E-state index contributed by atoms with van der Waals surface area (Å²) in [7, 11) is 0. The van der Waals surface area contributed by atoms with E-state index in [9.17, 15) is 4.79 Å². The molecule has 2 aromatic heterocycles. The molecule has 3 heterocycles. The summed E-state index contributed by atoms with van der Waals surface area (Å²) in [5.74, 6) is 1.83. The predicted octanol–water partition coefficient (Wildman–Crippen LogP) is 4.55. The lowest BCUT2D eigenvalue weighted by molar-refractivity contribution is 0.0148. The number of ether oxygens (including phenoxy) is 1. The van der Waals surface area contributed by atoms with Gasteiger partial charge in [0.25, 0.3) is 0 Å². The van der Waals surface area contributed by atoms with E-state index in [0.29, 0.717) is 18.3 Å². The number of nitrogens with one attached hydrogen (secondary N) is 1. The zero-order chi connectivity index (χ0) is 22.8. The number of anilines is 2. The molecule has 0 bridgehead atoms. The van der Waals surface area contributed by atoms with Gasteiger partial charge in [0.1, 0.15) is 11.4 Å². The van der Waals surface area contributed by atoms with Crippen molar-refractivity contribution in [2.45, 2.75) is 45.1 Å². The second-order valence-corrected chi connectivity index (χ2v) is 9.22. The molecule has 5 rings (SSSR count). The fraction of sp³-hybridized carbons (Fsp3) is 0.400. The lowest BCUT2D eigenvalue weighted by Gasteiger charge is -2.35. The largest absolute Gasteiger partial charge is 0.441 e. The molecule has 1 aliphatic heterocycles. The maximum absolute atomic E-state index is 12.4. The number of carbonyl (C=O) groups is 1. The molecule has 8 nitrogen and oxygen atoms in total. The standard InChI is InChI=1S/C25H28N6O2/c1-17-12-18(2)14-20(13-17)21-5-6-22(29-28-21)26-15-19-7-9-25(10-8-19)16-31(24(32)33-25)23-4-3-11-27-30-23/h3-6,11-14,19H,7-10,15-16H2,1-2H3,(H,26,29). The van der Waals surface area contributed by atoms with Gasteiger partial charge in [0.15, 0.2) is 5.82 Å². The number of nitrogens with zero attached hydrogens (tertiary/aromatic N) is 5. The first-order valence-electron chi connectivity index (χ1n) is 11.4. The zero-order valence-corrected chi connectivity index (χ0v) is 19.0. The molecule has 1 saturated heterocycles. The van der Waals surface area contributed by atoms with Crippen LogP contribution in [0, 0.1) is 19.8 Å². The Morgan fingerprint density at radius 1 is 1.06 bits per heavy atom. The molecule has 3 aromatic rings. The minimum Gasteiger partial charge on any atom is -0.441 e. The Balaban J connectivity index is 1.14. The number of aryl methyl sites for hydroxylation is 2. The van der Waals surface area contributed by atoms with Crippen LogP contribution in [0.15, 0.2) is 48.7 Å². The maximum atomic E-state index is 12.4. The number of amides is 1. The van der Waals surface area contributed by atoms with Crippen molar-refractivity contribution in [2.24, 2.45) is 5.92 Å². The third-order valence-electron chi connectivity index (χ3n) is 6.58. The summed E-state index contributed by atoms with van der Waals surface area (Å²) in [4.78, 5) is 14.0. The number of carbonyl (C=O) groups excluding carboxylic acids is 1. The minimum atomic E-state index is -0.418. The van der Waals surface area contributed by atoms with Gasteiger partial charge in [-0.3, -0.25) is 4.90 Å².